The first-order valence-corrected chi connectivity index (χ1v) is 7.04. The third-order valence-corrected chi connectivity index (χ3v) is 4.29. The summed E-state index contributed by atoms with van der Waals surface area (Å²) in [6.45, 7) is 3.17. The summed E-state index contributed by atoms with van der Waals surface area (Å²) in [5.41, 5.74) is 6.42. The maximum atomic E-state index is 12.1. The van der Waals surface area contributed by atoms with Gasteiger partial charge in [-0.25, -0.2) is 0 Å². The Kier molecular flexibility index (Phi) is 4.39. The second-order valence-electron chi connectivity index (χ2n) is 4.32. The number of nitrogens with two attached hydrogens (primary N) is 1. The van der Waals surface area contributed by atoms with Gasteiger partial charge in [-0.05, 0) is 49.0 Å². The summed E-state index contributed by atoms with van der Waals surface area (Å²) in [5.74, 6) is 0.787. The average Bonchev–Trinajstić information content (AvgIpc) is 2.76. The van der Waals surface area contributed by atoms with Gasteiger partial charge in [-0.3, -0.25) is 4.79 Å². The van der Waals surface area contributed by atoms with Gasteiger partial charge in [0, 0.05) is 11.2 Å². The van der Waals surface area contributed by atoms with Crippen molar-refractivity contribution < 1.29 is 9.53 Å². The standard InChI is InChI=1S/C14H18N2O2S/c1-9-11-8-10(18-2)4-5-12(11)19-13(9)14(17)16-7-3-6-15/h4-5,8H,3,6-7,15H2,1-2H3,(H,16,17). The lowest BCUT2D eigenvalue weighted by Gasteiger charge is -2.03. The van der Waals surface area contributed by atoms with Crippen molar-refractivity contribution in [3.63, 3.8) is 0 Å². The summed E-state index contributed by atoms with van der Waals surface area (Å²) in [5, 5.41) is 3.97. The van der Waals surface area contributed by atoms with Crippen LogP contribution < -0.4 is 15.8 Å². The van der Waals surface area contributed by atoms with Gasteiger partial charge in [0.1, 0.15) is 5.75 Å². The van der Waals surface area contributed by atoms with Gasteiger partial charge in [-0.1, -0.05) is 0 Å². The summed E-state index contributed by atoms with van der Waals surface area (Å²) in [6.07, 6.45) is 0.795. The Balaban J connectivity index is 2.29. The molecule has 2 rings (SSSR count). The van der Waals surface area contributed by atoms with E-state index in [1.165, 1.54) is 11.3 Å². The number of thiophene rings is 1. The van der Waals surface area contributed by atoms with E-state index in [1.807, 2.05) is 25.1 Å². The van der Waals surface area contributed by atoms with E-state index in [0.29, 0.717) is 13.1 Å². The number of amides is 1. The highest BCUT2D eigenvalue weighted by atomic mass is 32.1. The van der Waals surface area contributed by atoms with E-state index in [9.17, 15) is 4.79 Å². The molecular weight excluding hydrogens is 260 g/mol. The van der Waals surface area contributed by atoms with E-state index < -0.39 is 0 Å². The molecule has 0 unspecified atom stereocenters. The molecule has 2 aromatic rings. The summed E-state index contributed by atoms with van der Waals surface area (Å²) < 4.78 is 6.32. The number of nitrogens with one attached hydrogen (secondary N) is 1. The molecule has 0 saturated heterocycles. The molecule has 0 aliphatic heterocycles. The molecule has 0 spiro atoms. The maximum absolute atomic E-state index is 12.1. The molecule has 5 heteroatoms. The van der Waals surface area contributed by atoms with Gasteiger partial charge in [-0.15, -0.1) is 11.3 Å². The summed E-state index contributed by atoms with van der Waals surface area (Å²) >= 11 is 1.51. The number of carbonyl (C=O) groups excluding carboxylic acids is 1. The average molecular weight is 278 g/mol. The molecule has 0 aliphatic carbocycles. The molecule has 0 fully saturated rings. The third-order valence-electron chi connectivity index (χ3n) is 3.02. The van der Waals surface area contributed by atoms with Gasteiger partial charge in [-0.2, -0.15) is 0 Å². The van der Waals surface area contributed by atoms with Gasteiger partial charge in [0.05, 0.1) is 12.0 Å². The molecule has 3 N–H and O–H groups in total. The Morgan fingerprint density at radius 3 is 2.95 bits per heavy atom. The Labute approximate surface area is 116 Å². The number of aryl methyl sites for hydroxylation is 1. The fourth-order valence-electron chi connectivity index (χ4n) is 1.93. The quantitative estimate of drug-likeness (QED) is 0.825. The number of carbonyl (C=O) groups is 1. The molecule has 19 heavy (non-hydrogen) atoms. The molecule has 1 amide bonds. The van der Waals surface area contributed by atoms with Crippen LogP contribution >= 0.6 is 11.3 Å². The van der Waals surface area contributed by atoms with Gasteiger partial charge in [0.15, 0.2) is 0 Å². The predicted octanol–water partition coefficient (Wildman–Crippen LogP) is 2.30. The summed E-state index contributed by atoms with van der Waals surface area (Å²) in [6, 6.07) is 5.87. The zero-order chi connectivity index (χ0) is 13.8. The van der Waals surface area contributed by atoms with Crippen molar-refractivity contribution >= 4 is 27.3 Å². The van der Waals surface area contributed by atoms with Crippen LogP contribution in [0.1, 0.15) is 21.7 Å². The largest absolute Gasteiger partial charge is 0.497 e. The first-order chi connectivity index (χ1) is 9.17. The number of hydrogen-bond acceptors (Lipinski definition) is 4. The van der Waals surface area contributed by atoms with E-state index >= 15 is 0 Å². The van der Waals surface area contributed by atoms with Crippen molar-refractivity contribution in [3.05, 3.63) is 28.6 Å². The first-order valence-electron chi connectivity index (χ1n) is 6.22. The minimum Gasteiger partial charge on any atom is -0.497 e. The number of benzene rings is 1. The maximum Gasteiger partial charge on any atom is 0.261 e. The van der Waals surface area contributed by atoms with E-state index in [2.05, 4.69) is 5.32 Å². The first kappa shape index (κ1) is 13.8. The van der Waals surface area contributed by atoms with Crippen LogP contribution in [0.5, 0.6) is 5.75 Å². The van der Waals surface area contributed by atoms with Crippen molar-refractivity contribution in [3.8, 4) is 5.75 Å². The Hall–Kier alpha value is -1.59. The summed E-state index contributed by atoms with van der Waals surface area (Å²) in [7, 11) is 1.64. The van der Waals surface area contributed by atoms with Crippen LogP contribution in [0.25, 0.3) is 10.1 Å². The van der Waals surface area contributed by atoms with Crippen molar-refractivity contribution in [2.45, 2.75) is 13.3 Å². The van der Waals surface area contributed by atoms with Crippen molar-refractivity contribution in [2.24, 2.45) is 5.73 Å². The predicted molar refractivity (Wildman–Crippen MR) is 79.1 cm³/mol. The number of ether oxygens (including phenoxy) is 1. The highest BCUT2D eigenvalue weighted by Gasteiger charge is 2.15. The van der Waals surface area contributed by atoms with Gasteiger partial charge >= 0.3 is 0 Å². The van der Waals surface area contributed by atoms with Crippen LogP contribution in [0.2, 0.25) is 0 Å². The van der Waals surface area contributed by atoms with Crippen molar-refractivity contribution in [1.82, 2.24) is 5.32 Å². The molecule has 0 saturated carbocycles. The molecule has 1 aromatic carbocycles. The second-order valence-corrected chi connectivity index (χ2v) is 5.37. The van der Waals surface area contributed by atoms with Crippen LogP contribution in [0.15, 0.2) is 18.2 Å². The fourth-order valence-corrected chi connectivity index (χ4v) is 3.03. The lowest BCUT2D eigenvalue weighted by Crippen LogP contribution is -2.25. The van der Waals surface area contributed by atoms with Crippen LogP contribution in [-0.4, -0.2) is 26.1 Å². The van der Waals surface area contributed by atoms with Gasteiger partial charge in [0.2, 0.25) is 0 Å². The van der Waals surface area contributed by atoms with Crippen LogP contribution in [0.4, 0.5) is 0 Å². The smallest absolute Gasteiger partial charge is 0.261 e. The molecule has 1 heterocycles. The minimum atomic E-state index is -0.0221. The molecular formula is C14H18N2O2S. The van der Waals surface area contributed by atoms with Gasteiger partial charge < -0.3 is 15.8 Å². The molecule has 1 aromatic heterocycles. The lowest BCUT2D eigenvalue weighted by molar-refractivity contribution is 0.0957. The number of fused-ring (bicyclic) bond motifs is 1. The topological polar surface area (TPSA) is 64.3 Å². The van der Waals surface area contributed by atoms with Crippen molar-refractivity contribution in [2.75, 3.05) is 20.2 Å². The lowest BCUT2D eigenvalue weighted by atomic mass is 10.1. The zero-order valence-electron chi connectivity index (χ0n) is 11.2. The second kappa shape index (κ2) is 6.04. The van der Waals surface area contributed by atoms with E-state index in [4.69, 9.17) is 10.5 Å². The zero-order valence-corrected chi connectivity index (χ0v) is 12.0. The number of methoxy groups -OCH3 is 1. The molecule has 0 atom stereocenters. The number of hydrogen-bond donors (Lipinski definition) is 2. The molecule has 0 bridgehead atoms. The minimum absolute atomic E-state index is 0.0221. The number of rotatable bonds is 5. The highest BCUT2D eigenvalue weighted by Crippen LogP contribution is 2.33. The van der Waals surface area contributed by atoms with Crippen molar-refractivity contribution in [1.29, 1.82) is 0 Å². The Morgan fingerprint density at radius 1 is 1.47 bits per heavy atom. The van der Waals surface area contributed by atoms with E-state index in [-0.39, 0.29) is 5.91 Å². The SMILES string of the molecule is COc1ccc2sc(C(=O)NCCCN)c(C)c2c1. The highest BCUT2D eigenvalue weighted by molar-refractivity contribution is 7.21. The monoisotopic (exact) mass is 278 g/mol. The van der Waals surface area contributed by atoms with Crippen LogP contribution in [0.3, 0.4) is 0 Å². The molecule has 102 valence electrons. The normalized spacial score (nSPS) is 10.7. The molecule has 4 nitrogen and oxygen atoms in total. The fraction of sp³-hybridized carbons (Fsp3) is 0.357. The Bertz CT molecular complexity index is 592. The molecule has 0 aliphatic rings. The Morgan fingerprint density at radius 2 is 2.26 bits per heavy atom. The summed E-state index contributed by atoms with van der Waals surface area (Å²) in [4.78, 5) is 12.9. The van der Waals surface area contributed by atoms with E-state index in [1.54, 1.807) is 7.11 Å². The van der Waals surface area contributed by atoms with Gasteiger partial charge in [0.25, 0.3) is 5.91 Å². The third kappa shape index (κ3) is 2.88. The van der Waals surface area contributed by atoms with Crippen LogP contribution in [0, 0.1) is 6.92 Å². The molecule has 0 radical (unpaired) electrons. The van der Waals surface area contributed by atoms with Crippen LogP contribution in [-0.2, 0) is 0 Å². The van der Waals surface area contributed by atoms with E-state index in [0.717, 1.165) is 32.7 Å².